The maximum absolute atomic E-state index is 12.5. The SMILES string of the molecule is CC(C(=O)N1CCN(Cc2ccc(Br)s2)CC1)C1CNC1. The van der Waals surface area contributed by atoms with Gasteiger partial charge in [-0.2, -0.15) is 0 Å². The zero-order valence-corrected chi connectivity index (χ0v) is 14.8. The predicted octanol–water partition coefficient (Wildman–Crippen LogP) is 2.01. The van der Waals surface area contributed by atoms with E-state index in [1.807, 2.05) is 0 Å². The summed E-state index contributed by atoms with van der Waals surface area (Å²) in [7, 11) is 0. The molecule has 2 fully saturated rings. The van der Waals surface area contributed by atoms with Gasteiger partial charge in [0, 0.05) is 43.5 Å². The summed E-state index contributed by atoms with van der Waals surface area (Å²) in [5, 5.41) is 3.25. The Balaban J connectivity index is 1.47. The lowest BCUT2D eigenvalue weighted by Gasteiger charge is -2.39. The van der Waals surface area contributed by atoms with Crippen LogP contribution in [-0.2, 0) is 11.3 Å². The highest BCUT2D eigenvalue weighted by molar-refractivity contribution is 9.11. The van der Waals surface area contributed by atoms with E-state index in [1.54, 1.807) is 11.3 Å². The Morgan fingerprint density at radius 3 is 2.62 bits per heavy atom. The topological polar surface area (TPSA) is 35.6 Å². The molecule has 0 spiro atoms. The molecule has 1 unspecified atom stereocenters. The van der Waals surface area contributed by atoms with E-state index in [1.165, 1.54) is 8.66 Å². The molecule has 21 heavy (non-hydrogen) atoms. The third kappa shape index (κ3) is 3.67. The summed E-state index contributed by atoms with van der Waals surface area (Å²) in [6.45, 7) is 8.80. The first-order valence-corrected chi connectivity index (χ1v) is 9.20. The van der Waals surface area contributed by atoms with Gasteiger partial charge in [-0.15, -0.1) is 11.3 Å². The van der Waals surface area contributed by atoms with Gasteiger partial charge in [-0.1, -0.05) is 6.92 Å². The summed E-state index contributed by atoms with van der Waals surface area (Å²) < 4.78 is 1.19. The number of nitrogens with one attached hydrogen (secondary N) is 1. The highest BCUT2D eigenvalue weighted by atomic mass is 79.9. The van der Waals surface area contributed by atoms with Crippen LogP contribution < -0.4 is 5.32 Å². The molecule has 1 amide bonds. The Morgan fingerprint density at radius 2 is 2.10 bits per heavy atom. The van der Waals surface area contributed by atoms with E-state index in [4.69, 9.17) is 0 Å². The number of thiophene rings is 1. The van der Waals surface area contributed by atoms with E-state index in [0.717, 1.165) is 45.8 Å². The zero-order chi connectivity index (χ0) is 14.8. The molecule has 0 aliphatic carbocycles. The van der Waals surface area contributed by atoms with Crippen molar-refractivity contribution in [2.24, 2.45) is 11.8 Å². The summed E-state index contributed by atoms with van der Waals surface area (Å²) in [5.41, 5.74) is 0. The van der Waals surface area contributed by atoms with Crippen LogP contribution in [0.1, 0.15) is 11.8 Å². The first-order chi connectivity index (χ1) is 10.1. The number of rotatable bonds is 4. The molecule has 4 nitrogen and oxygen atoms in total. The van der Waals surface area contributed by atoms with E-state index in [0.29, 0.717) is 11.8 Å². The van der Waals surface area contributed by atoms with Gasteiger partial charge < -0.3 is 10.2 Å². The molecule has 116 valence electrons. The molecule has 2 aliphatic rings. The van der Waals surface area contributed by atoms with Gasteiger partial charge in [-0.05, 0) is 47.1 Å². The van der Waals surface area contributed by atoms with Crippen molar-refractivity contribution in [1.29, 1.82) is 0 Å². The molecule has 2 saturated heterocycles. The quantitative estimate of drug-likeness (QED) is 0.879. The second-order valence-corrected chi connectivity index (χ2v) is 8.56. The van der Waals surface area contributed by atoms with E-state index in [9.17, 15) is 4.79 Å². The number of hydrogen-bond donors (Lipinski definition) is 1. The Hall–Kier alpha value is -0.430. The molecule has 0 bridgehead atoms. The average molecular weight is 372 g/mol. The van der Waals surface area contributed by atoms with Crippen molar-refractivity contribution in [2.75, 3.05) is 39.3 Å². The third-order valence-corrected chi connectivity index (χ3v) is 6.21. The van der Waals surface area contributed by atoms with Crippen molar-refractivity contribution in [1.82, 2.24) is 15.1 Å². The van der Waals surface area contributed by atoms with Gasteiger partial charge in [0.2, 0.25) is 5.91 Å². The Bertz CT molecular complexity index is 495. The van der Waals surface area contributed by atoms with Crippen LogP contribution in [0.15, 0.2) is 15.9 Å². The minimum absolute atomic E-state index is 0.172. The van der Waals surface area contributed by atoms with E-state index in [-0.39, 0.29) is 5.92 Å². The molecule has 0 aromatic carbocycles. The minimum Gasteiger partial charge on any atom is -0.340 e. The van der Waals surface area contributed by atoms with Gasteiger partial charge in [-0.25, -0.2) is 0 Å². The largest absolute Gasteiger partial charge is 0.340 e. The first-order valence-electron chi connectivity index (χ1n) is 7.59. The van der Waals surface area contributed by atoms with Crippen LogP contribution in [0.5, 0.6) is 0 Å². The van der Waals surface area contributed by atoms with Crippen molar-refractivity contribution in [3.8, 4) is 0 Å². The van der Waals surface area contributed by atoms with Crippen LogP contribution in [0.4, 0.5) is 0 Å². The molecule has 1 aromatic rings. The first kappa shape index (κ1) is 15.5. The predicted molar refractivity (Wildman–Crippen MR) is 89.4 cm³/mol. The van der Waals surface area contributed by atoms with Gasteiger partial charge in [0.1, 0.15) is 0 Å². The number of piperazine rings is 1. The highest BCUT2D eigenvalue weighted by Gasteiger charge is 2.32. The second kappa shape index (κ2) is 6.77. The van der Waals surface area contributed by atoms with E-state index >= 15 is 0 Å². The fourth-order valence-electron chi connectivity index (χ4n) is 2.94. The van der Waals surface area contributed by atoms with Crippen LogP contribution >= 0.6 is 27.3 Å². The third-order valence-electron chi connectivity index (χ3n) is 4.60. The number of amides is 1. The van der Waals surface area contributed by atoms with Gasteiger partial charge >= 0.3 is 0 Å². The lowest BCUT2D eigenvalue weighted by molar-refractivity contribution is -0.139. The smallest absolute Gasteiger partial charge is 0.225 e. The van der Waals surface area contributed by atoms with E-state index < -0.39 is 0 Å². The summed E-state index contributed by atoms with van der Waals surface area (Å²) in [4.78, 5) is 18.4. The van der Waals surface area contributed by atoms with Gasteiger partial charge in [0.05, 0.1) is 3.79 Å². The monoisotopic (exact) mass is 371 g/mol. The molecule has 1 aromatic heterocycles. The highest BCUT2D eigenvalue weighted by Crippen LogP contribution is 2.24. The van der Waals surface area contributed by atoms with Gasteiger partial charge in [0.15, 0.2) is 0 Å². The van der Waals surface area contributed by atoms with Gasteiger partial charge in [-0.3, -0.25) is 9.69 Å². The molecule has 6 heteroatoms. The lowest BCUT2D eigenvalue weighted by atomic mass is 9.88. The fourth-order valence-corrected chi connectivity index (χ4v) is 4.46. The molecule has 3 rings (SSSR count). The van der Waals surface area contributed by atoms with Crippen LogP contribution in [0.3, 0.4) is 0 Å². The van der Waals surface area contributed by atoms with Crippen molar-refractivity contribution >= 4 is 33.2 Å². The molecular formula is C15H22BrN3OS. The van der Waals surface area contributed by atoms with Crippen LogP contribution in [-0.4, -0.2) is 55.0 Å². The average Bonchev–Trinajstić information content (AvgIpc) is 2.82. The molecular weight excluding hydrogens is 350 g/mol. The Kier molecular flexibility index (Phi) is 4.99. The molecule has 3 heterocycles. The summed E-state index contributed by atoms with van der Waals surface area (Å²) in [6, 6.07) is 4.28. The normalized spacial score (nSPS) is 22.1. The fraction of sp³-hybridized carbons (Fsp3) is 0.667. The number of halogens is 1. The van der Waals surface area contributed by atoms with Crippen molar-refractivity contribution in [3.63, 3.8) is 0 Å². The Labute approximate surface area is 138 Å². The standard InChI is InChI=1S/C15H22BrN3OS/c1-11(12-8-17-9-12)15(20)19-6-4-18(5-7-19)10-13-2-3-14(16)21-13/h2-3,11-12,17H,4-10H2,1H3. The van der Waals surface area contributed by atoms with Crippen molar-refractivity contribution < 1.29 is 4.79 Å². The van der Waals surface area contributed by atoms with Crippen LogP contribution in [0.2, 0.25) is 0 Å². The number of hydrogen-bond acceptors (Lipinski definition) is 4. The van der Waals surface area contributed by atoms with Crippen LogP contribution in [0.25, 0.3) is 0 Å². The number of nitrogens with zero attached hydrogens (tertiary/aromatic N) is 2. The number of carbonyl (C=O) groups excluding carboxylic acids is 1. The van der Waals surface area contributed by atoms with E-state index in [2.05, 4.69) is 50.1 Å². The molecule has 2 aliphatic heterocycles. The minimum atomic E-state index is 0.172. The Morgan fingerprint density at radius 1 is 1.38 bits per heavy atom. The summed E-state index contributed by atoms with van der Waals surface area (Å²) in [6.07, 6.45) is 0. The molecule has 1 atom stereocenters. The maximum Gasteiger partial charge on any atom is 0.225 e. The van der Waals surface area contributed by atoms with Crippen molar-refractivity contribution in [3.05, 3.63) is 20.8 Å². The van der Waals surface area contributed by atoms with Crippen molar-refractivity contribution in [2.45, 2.75) is 13.5 Å². The summed E-state index contributed by atoms with van der Waals surface area (Å²) >= 11 is 5.30. The summed E-state index contributed by atoms with van der Waals surface area (Å²) in [5.74, 6) is 1.06. The second-order valence-electron chi connectivity index (χ2n) is 6.01. The molecule has 1 N–H and O–H groups in total. The number of carbonyl (C=O) groups is 1. The maximum atomic E-state index is 12.5. The zero-order valence-electron chi connectivity index (χ0n) is 12.3. The lowest BCUT2D eigenvalue weighted by Crippen LogP contribution is -2.54. The van der Waals surface area contributed by atoms with Crippen LogP contribution in [0, 0.1) is 11.8 Å². The molecule has 0 radical (unpaired) electrons. The van der Waals surface area contributed by atoms with Gasteiger partial charge in [0.25, 0.3) is 0 Å². The molecule has 0 saturated carbocycles.